The number of aryl methyl sites for hydroxylation is 1. The highest BCUT2D eigenvalue weighted by molar-refractivity contribution is 6.30. The summed E-state index contributed by atoms with van der Waals surface area (Å²) in [6.07, 6.45) is 0.963. The van der Waals surface area contributed by atoms with Crippen LogP contribution >= 0.6 is 11.6 Å². The SMILES string of the molecule is Cc1[nH]c2ccccc2c1[C@@H]1[C@@H](CCNC(=O)Nc2ccc(Cl)cc2)C1(C)C. The lowest BCUT2D eigenvalue weighted by molar-refractivity contribution is 0.251. The second kappa shape index (κ2) is 7.17. The Hall–Kier alpha value is -2.46. The van der Waals surface area contributed by atoms with Crippen LogP contribution in [0.3, 0.4) is 0 Å². The maximum Gasteiger partial charge on any atom is 0.319 e. The largest absolute Gasteiger partial charge is 0.358 e. The Morgan fingerprint density at radius 3 is 2.61 bits per heavy atom. The van der Waals surface area contributed by atoms with Crippen molar-refractivity contribution in [2.24, 2.45) is 11.3 Å². The zero-order valence-corrected chi connectivity index (χ0v) is 17.2. The number of carbonyl (C=O) groups is 1. The zero-order valence-electron chi connectivity index (χ0n) is 16.5. The molecule has 1 fully saturated rings. The first-order valence-corrected chi connectivity index (χ1v) is 10.1. The topological polar surface area (TPSA) is 56.9 Å². The molecule has 2 amide bonds. The van der Waals surface area contributed by atoms with E-state index in [1.165, 1.54) is 22.2 Å². The van der Waals surface area contributed by atoms with Crippen LogP contribution in [0.2, 0.25) is 5.02 Å². The van der Waals surface area contributed by atoms with Gasteiger partial charge in [-0.3, -0.25) is 0 Å². The van der Waals surface area contributed by atoms with Crippen LogP contribution < -0.4 is 10.6 Å². The molecule has 1 aromatic heterocycles. The predicted molar refractivity (Wildman–Crippen MR) is 116 cm³/mol. The molecule has 3 N–H and O–H groups in total. The van der Waals surface area contributed by atoms with Gasteiger partial charge in [-0.1, -0.05) is 43.6 Å². The summed E-state index contributed by atoms with van der Waals surface area (Å²) < 4.78 is 0. The average molecular weight is 396 g/mol. The summed E-state index contributed by atoms with van der Waals surface area (Å²) in [5, 5.41) is 7.81. The molecule has 146 valence electrons. The van der Waals surface area contributed by atoms with Crippen LogP contribution in [-0.4, -0.2) is 17.6 Å². The fourth-order valence-corrected chi connectivity index (χ4v) is 4.73. The Morgan fingerprint density at radius 1 is 1.14 bits per heavy atom. The van der Waals surface area contributed by atoms with Gasteiger partial charge in [-0.25, -0.2) is 4.79 Å². The molecule has 0 unspecified atom stereocenters. The molecular weight excluding hydrogens is 370 g/mol. The van der Waals surface area contributed by atoms with E-state index in [9.17, 15) is 4.79 Å². The first kappa shape index (κ1) is 18.9. The molecule has 0 aliphatic heterocycles. The molecule has 2 aromatic carbocycles. The minimum absolute atomic E-state index is 0.180. The number of hydrogen-bond donors (Lipinski definition) is 3. The van der Waals surface area contributed by atoms with Crippen molar-refractivity contribution in [2.45, 2.75) is 33.1 Å². The van der Waals surface area contributed by atoms with Crippen molar-refractivity contribution in [3.8, 4) is 0 Å². The number of rotatable bonds is 5. The highest BCUT2D eigenvalue weighted by Crippen LogP contribution is 2.67. The molecule has 0 radical (unpaired) electrons. The number of hydrogen-bond acceptors (Lipinski definition) is 1. The van der Waals surface area contributed by atoms with Crippen molar-refractivity contribution < 1.29 is 4.79 Å². The van der Waals surface area contributed by atoms with Gasteiger partial charge in [0, 0.05) is 33.9 Å². The monoisotopic (exact) mass is 395 g/mol. The number of aromatic nitrogens is 1. The van der Waals surface area contributed by atoms with E-state index < -0.39 is 0 Å². The summed E-state index contributed by atoms with van der Waals surface area (Å²) in [4.78, 5) is 15.7. The Morgan fingerprint density at radius 2 is 1.86 bits per heavy atom. The van der Waals surface area contributed by atoms with Crippen LogP contribution in [0.4, 0.5) is 10.5 Å². The van der Waals surface area contributed by atoms with E-state index in [2.05, 4.69) is 60.7 Å². The fourth-order valence-electron chi connectivity index (χ4n) is 4.60. The minimum atomic E-state index is -0.180. The molecule has 28 heavy (non-hydrogen) atoms. The van der Waals surface area contributed by atoms with Crippen LogP contribution in [0.5, 0.6) is 0 Å². The lowest BCUT2D eigenvalue weighted by Crippen LogP contribution is -2.29. The van der Waals surface area contributed by atoms with Crippen LogP contribution in [0.15, 0.2) is 48.5 Å². The third-order valence-corrected chi connectivity index (χ3v) is 6.40. The molecule has 2 atom stereocenters. The maximum atomic E-state index is 12.1. The number of fused-ring (bicyclic) bond motifs is 1. The fraction of sp³-hybridized carbons (Fsp3) is 0.348. The van der Waals surface area contributed by atoms with Gasteiger partial charge in [-0.15, -0.1) is 0 Å². The molecule has 3 aromatic rings. The van der Waals surface area contributed by atoms with Crippen molar-refractivity contribution >= 4 is 34.2 Å². The first-order valence-electron chi connectivity index (χ1n) is 9.75. The Balaban J connectivity index is 1.37. The van der Waals surface area contributed by atoms with Gasteiger partial charge in [-0.05, 0) is 66.5 Å². The predicted octanol–water partition coefficient (Wildman–Crippen LogP) is 6.08. The quantitative estimate of drug-likeness (QED) is 0.481. The van der Waals surface area contributed by atoms with E-state index in [4.69, 9.17) is 11.6 Å². The number of para-hydroxylation sites is 1. The van der Waals surface area contributed by atoms with E-state index in [0.717, 1.165) is 12.1 Å². The van der Waals surface area contributed by atoms with Gasteiger partial charge in [0.2, 0.25) is 0 Å². The normalized spacial score (nSPS) is 20.1. The Labute approximate surface area is 170 Å². The summed E-state index contributed by atoms with van der Waals surface area (Å²) in [6, 6.07) is 15.4. The number of amides is 2. The number of urea groups is 1. The number of H-pyrrole nitrogens is 1. The summed E-state index contributed by atoms with van der Waals surface area (Å²) in [5.74, 6) is 1.08. The number of halogens is 1. The lowest BCUT2D eigenvalue weighted by atomic mass is 10.0. The van der Waals surface area contributed by atoms with Crippen molar-refractivity contribution in [1.29, 1.82) is 0 Å². The van der Waals surface area contributed by atoms with E-state index in [1.54, 1.807) is 24.3 Å². The first-order chi connectivity index (χ1) is 13.4. The minimum Gasteiger partial charge on any atom is -0.358 e. The average Bonchev–Trinajstić information content (AvgIpc) is 3.02. The van der Waals surface area contributed by atoms with Crippen molar-refractivity contribution in [1.82, 2.24) is 10.3 Å². The summed E-state index contributed by atoms with van der Waals surface area (Å²) in [5.41, 5.74) is 4.88. The van der Waals surface area contributed by atoms with E-state index in [0.29, 0.717) is 23.4 Å². The number of anilines is 1. The Kier molecular flexibility index (Phi) is 4.84. The smallest absolute Gasteiger partial charge is 0.319 e. The number of nitrogens with one attached hydrogen (secondary N) is 3. The molecule has 0 saturated heterocycles. The number of benzene rings is 2. The highest BCUT2D eigenvalue weighted by atomic mass is 35.5. The molecule has 0 spiro atoms. The second-order valence-electron chi connectivity index (χ2n) is 8.29. The summed E-state index contributed by atoms with van der Waals surface area (Å²) >= 11 is 5.87. The van der Waals surface area contributed by atoms with E-state index >= 15 is 0 Å². The van der Waals surface area contributed by atoms with Gasteiger partial charge < -0.3 is 15.6 Å². The molecular formula is C23H26ClN3O. The number of aromatic amines is 1. The van der Waals surface area contributed by atoms with Crippen LogP contribution in [-0.2, 0) is 0 Å². The molecule has 0 bridgehead atoms. The van der Waals surface area contributed by atoms with Gasteiger partial charge >= 0.3 is 6.03 Å². The summed E-state index contributed by atoms with van der Waals surface area (Å²) in [7, 11) is 0. The van der Waals surface area contributed by atoms with Crippen molar-refractivity contribution in [3.05, 3.63) is 64.8 Å². The van der Waals surface area contributed by atoms with Gasteiger partial charge in [0.25, 0.3) is 0 Å². The number of carbonyl (C=O) groups excluding carboxylic acids is 1. The molecule has 4 nitrogen and oxygen atoms in total. The third kappa shape index (κ3) is 3.49. The van der Waals surface area contributed by atoms with E-state index in [-0.39, 0.29) is 11.4 Å². The Bertz CT molecular complexity index is 1010. The van der Waals surface area contributed by atoms with E-state index in [1.807, 2.05) is 0 Å². The van der Waals surface area contributed by atoms with Crippen molar-refractivity contribution in [3.63, 3.8) is 0 Å². The molecule has 1 saturated carbocycles. The molecule has 4 rings (SSSR count). The van der Waals surface area contributed by atoms with Gasteiger partial charge in [-0.2, -0.15) is 0 Å². The lowest BCUT2D eigenvalue weighted by Gasteiger charge is -2.08. The van der Waals surface area contributed by atoms with Crippen LogP contribution in [0.1, 0.15) is 37.4 Å². The zero-order chi connectivity index (χ0) is 19.9. The van der Waals surface area contributed by atoms with Gasteiger partial charge in [0.1, 0.15) is 0 Å². The molecule has 1 aliphatic rings. The molecule has 1 heterocycles. The van der Waals surface area contributed by atoms with Gasteiger partial charge in [0.05, 0.1) is 0 Å². The maximum absolute atomic E-state index is 12.1. The molecule has 5 heteroatoms. The van der Waals surface area contributed by atoms with Gasteiger partial charge in [0.15, 0.2) is 0 Å². The van der Waals surface area contributed by atoms with Crippen LogP contribution in [0.25, 0.3) is 10.9 Å². The highest BCUT2D eigenvalue weighted by Gasteiger charge is 2.58. The molecule has 1 aliphatic carbocycles. The summed E-state index contributed by atoms with van der Waals surface area (Å²) in [6.45, 7) is 7.48. The third-order valence-electron chi connectivity index (χ3n) is 6.15. The van der Waals surface area contributed by atoms with Crippen molar-refractivity contribution in [2.75, 3.05) is 11.9 Å². The second-order valence-corrected chi connectivity index (χ2v) is 8.73. The standard InChI is InChI=1S/C23H26ClN3O/c1-14-20(17-6-4-5-7-19(17)26-14)21-18(23(21,2)3)12-13-25-22(28)27-16-10-8-15(24)9-11-16/h4-11,18,21,26H,12-13H2,1-3H3,(H2,25,27,28)/t18-,21+/m1/s1. The van der Waals surface area contributed by atoms with Crippen LogP contribution in [0, 0.1) is 18.3 Å².